The minimum absolute atomic E-state index is 0.148. The summed E-state index contributed by atoms with van der Waals surface area (Å²) in [7, 11) is 1.46. The van der Waals surface area contributed by atoms with Crippen molar-refractivity contribution in [3.05, 3.63) is 65.0 Å². The summed E-state index contributed by atoms with van der Waals surface area (Å²) in [5.74, 6) is -1.50. The fourth-order valence-corrected chi connectivity index (χ4v) is 1.80. The lowest BCUT2D eigenvalue weighted by Crippen LogP contribution is -2.10. The molecule has 0 aliphatic heterocycles. The molecule has 2 aromatic carbocycles. The molecule has 0 aromatic heterocycles. The molecule has 6 heteroatoms. The third-order valence-corrected chi connectivity index (χ3v) is 2.89. The van der Waals surface area contributed by atoms with E-state index in [1.807, 2.05) is 0 Å². The fraction of sp³-hybridized carbons (Fsp3) is 0.133. The summed E-state index contributed by atoms with van der Waals surface area (Å²) < 4.78 is 55.7. The van der Waals surface area contributed by atoms with Gasteiger partial charge in [-0.1, -0.05) is 6.07 Å². The number of alkyl halides is 3. The maximum Gasteiger partial charge on any atom is 0.419 e. The largest absolute Gasteiger partial charge is 0.497 e. The van der Waals surface area contributed by atoms with Gasteiger partial charge in [0.05, 0.1) is 12.7 Å². The first kappa shape index (κ1) is 15.0. The van der Waals surface area contributed by atoms with Gasteiger partial charge in [-0.3, -0.25) is 4.79 Å². The standard InChI is InChI=1S/C15H10F4O2/c1-21-11-5-2-9(3-6-11)14(20)10-4-7-12(13(16)8-10)15(17,18)19/h2-8H,1H3. The molecule has 0 saturated heterocycles. The van der Waals surface area contributed by atoms with Gasteiger partial charge in [0.25, 0.3) is 0 Å². The van der Waals surface area contributed by atoms with Crippen molar-refractivity contribution in [2.24, 2.45) is 0 Å². The Kier molecular flexibility index (Phi) is 3.97. The number of halogens is 4. The molecule has 0 unspecified atom stereocenters. The molecule has 0 N–H and O–H groups in total. The highest BCUT2D eigenvalue weighted by atomic mass is 19.4. The maximum absolute atomic E-state index is 13.4. The van der Waals surface area contributed by atoms with Crippen LogP contribution in [0.15, 0.2) is 42.5 Å². The summed E-state index contributed by atoms with van der Waals surface area (Å²) in [6.07, 6.45) is -4.79. The normalized spacial score (nSPS) is 11.3. The first-order valence-electron chi connectivity index (χ1n) is 5.88. The van der Waals surface area contributed by atoms with E-state index in [4.69, 9.17) is 4.74 Å². The Bertz CT molecular complexity index is 660. The van der Waals surface area contributed by atoms with Gasteiger partial charge in [0.2, 0.25) is 0 Å². The van der Waals surface area contributed by atoms with Gasteiger partial charge >= 0.3 is 6.18 Å². The first-order chi connectivity index (χ1) is 9.82. The SMILES string of the molecule is COc1ccc(C(=O)c2ccc(C(F)(F)F)c(F)c2)cc1. The van der Waals surface area contributed by atoms with E-state index < -0.39 is 23.3 Å². The second kappa shape index (κ2) is 5.55. The predicted molar refractivity (Wildman–Crippen MR) is 67.8 cm³/mol. The number of rotatable bonds is 3. The van der Waals surface area contributed by atoms with E-state index in [1.54, 1.807) is 0 Å². The number of ketones is 1. The van der Waals surface area contributed by atoms with Gasteiger partial charge in [-0.25, -0.2) is 4.39 Å². The summed E-state index contributed by atoms with van der Waals surface area (Å²) >= 11 is 0. The third-order valence-electron chi connectivity index (χ3n) is 2.89. The van der Waals surface area contributed by atoms with E-state index in [0.29, 0.717) is 17.9 Å². The van der Waals surface area contributed by atoms with Crippen LogP contribution in [-0.4, -0.2) is 12.9 Å². The first-order valence-corrected chi connectivity index (χ1v) is 5.88. The van der Waals surface area contributed by atoms with Gasteiger partial charge in [-0.05, 0) is 36.4 Å². The van der Waals surface area contributed by atoms with Crippen molar-refractivity contribution in [1.82, 2.24) is 0 Å². The molecule has 0 radical (unpaired) electrons. The Hall–Kier alpha value is -2.37. The van der Waals surface area contributed by atoms with Crippen LogP contribution in [0.25, 0.3) is 0 Å². The molecule has 0 spiro atoms. The Morgan fingerprint density at radius 2 is 1.57 bits per heavy atom. The molecule has 2 rings (SSSR count). The maximum atomic E-state index is 13.4. The average molecular weight is 298 g/mol. The van der Waals surface area contributed by atoms with Crippen LogP contribution in [0.4, 0.5) is 17.6 Å². The zero-order valence-corrected chi connectivity index (χ0v) is 10.9. The van der Waals surface area contributed by atoms with Crippen LogP contribution >= 0.6 is 0 Å². The van der Waals surface area contributed by atoms with Gasteiger partial charge < -0.3 is 4.74 Å². The van der Waals surface area contributed by atoms with Crippen LogP contribution < -0.4 is 4.74 Å². The summed E-state index contributed by atoms with van der Waals surface area (Å²) in [6.45, 7) is 0. The summed E-state index contributed by atoms with van der Waals surface area (Å²) in [6, 6.07) is 8.09. The van der Waals surface area contributed by atoms with Crippen molar-refractivity contribution in [2.75, 3.05) is 7.11 Å². The molecule has 2 nitrogen and oxygen atoms in total. The topological polar surface area (TPSA) is 26.3 Å². The van der Waals surface area contributed by atoms with Crippen LogP contribution in [0.2, 0.25) is 0 Å². The average Bonchev–Trinajstić information content (AvgIpc) is 2.45. The Morgan fingerprint density at radius 3 is 2.05 bits per heavy atom. The number of methoxy groups -OCH3 is 1. The Morgan fingerprint density at radius 1 is 1.00 bits per heavy atom. The van der Waals surface area contributed by atoms with E-state index in [2.05, 4.69) is 0 Å². The van der Waals surface area contributed by atoms with E-state index in [1.165, 1.54) is 31.4 Å². The predicted octanol–water partition coefficient (Wildman–Crippen LogP) is 4.08. The van der Waals surface area contributed by atoms with Crippen molar-refractivity contribution in [2.45, 2.75) is 6.18 Å². The van der Waals surface area contributed by atoms with Crippen LogP contribution in [0.3, 0.4) is 0 Å². The molecule has 0 saturated carbocycles. The molecule has 0 atom stereocenters. The van der Waals surface area contributed by atoms with Crippen molar-refractivity contribution < 1.29 is 27.1 Å². The van der Waals surface area contributed by atoms with Gasteiger partial charge in [-0.15, -0.1) is 0 Å². The van der Waals surface area contributed by atoms with Gasteiger partial charge in [0.1, 0.15) is 11.6 Å². The van der Waals surface area contributed by atoms with Crippen LogP contribution in [-0.2, 0) is 6.18 Å². The molecule has 0 aliphatic carbocycles. The number of benzene rings is 2. The molecule has 0 amide bonds. The van der Waals surface area contributed by atoms with Gasteiger partial charge in [0.15, 0.2) is 5.78 Å². The van der Waals surface area contributed by atoms with E-state index >= 15 is 0 Å². The Labute approximate surface area is 118 Å². The highest BCUT2D eigenvalue weighted by Crippen LogP contribution is 2.31. The zero-order chi connectivity index (χ0) is 15.6. The fourth-order valence-electron chi connectivity index (χ4n) is 1.80. The van der Waals surface area contributed by atoms with Crippen molar-refractivity contribution >= 4 is 5.78 Å². The molecule has 21 heavy (non-hydrogen) atoms. The van der Waals surface area contributed by atoms with Crippen LogP contribution in [0.5, 0.6) is 5.75 Å². The molecule has 0 aliphatic rings. The van der Waals surface area contributed by atoms with Crippen LogP contribution in [0, 0.1) is 5.82 Å². The molecule has 2 aromatic rings. The highest BCUT2D eigenvalue weighted by Gasteiger charge is 2.34. The molecule has 0 fully saturated rings. The van der Waals surface area contributed by atoms with E-state index in [-0.39, 0.29) is 11.1 Å². The quantitative estimate of drug-likeness (QED) is 0.630. The number of carbonyl (C=O) groups is 1. The van der Waals surface area contributed by atoms with Crippen molar-refractivity contribution in [3.63, 3.8) is 0 Å². The number of hydrogen-bond acceptors (Lipinski definition) is 2. The zero-order valence-electron chi connectivity index (χ0n) is 10.9. The van der Waals surface area contributed by atoms with Gasteiger partial charge in [-0.2, -0.15) is 13.2 Å². The minimum Gasteiger partial charge on any atom is -0.497 e. The highest BCUT2D eigenvalue weighted by molar-refractivity contribution is 6.09. The smallest absolute Gasteiger partial charge is 0.419 e. The van der Waals surface area contributed by atoms with Crippen molar-refractivity contribution in [1.29, 1.82) is 0 Å². The third kappa shape index (κ3) is 3.21. The molecule has 0 bridgehead atoms. The lowest BCUT2D eigenvalue weighted by atomic mass is 10.0. The summed E-state index contributed by atoms with van der Waals surface area (Å²) in [5, 5.41) is 0. The monoisotopic (exact) mass is 298 g/mol. The molecular weight excluding hydrogens is 288 g/mol. The van der Waals surface area contributed by atoms with E-state index in [0.717, 1.165) is 6.07 Å². The molecule has 0 heterocycles. The van der Waals surface area contributed by atoms with Crippen molar-refractivity contribution in [3.8, 4) is 5.75 Å². The van der Waals surface area contributed by atoms with E-state index in [9.17, 15) is 22.4 Å². The summed E-state index contributed by atoms with van der Waals surface area (Å²) in [5.41, 5.74) is -1.31. The lowest BCUT2D eigenvalue weighted by molar-refractivity contribution is -0.140. The lowest BCUT2D eigenvalue weighted by Gasteiger charge is -2.09. The Balaban J connectivity index is 2.33. The summed E-state index contributed by atoms with van der Waals surface area (Å²) in [4.78, 5) is 12.1. The second-order valence-electron chi connectivity index (χ2n) is 4.25. The van der Waals surface area contributed by atoms with Gasteiger partial charge in [0, 0.05) is 11.1 Å². The minimum atomic E-state index is -4.79. The number of carbonyl (C=O) groups excluding carboxylic acids is 1. The number of hydrogen-bond donors (Lipinski definition) is 0. The molecule has 110 valence electrons. The number of ether oxygens (including phenoxy) is 1. The second-order valence-corrected chi connectivity index (χ2v) is 4.25. The molecular formula is C15H10F4O2. The van der Waals surface area contributed by atoms with Crippen LogP contribution in [0.1, 0.15) is 21.5 Å².